The maximum absolute atomic E-state index is 5.42. The standard InChI is InChI=1S/C13H25N3O/c1-5-8-14-11-12-6-9-15-16(12)10-7-13(2,3)17-4/h6,9,14H,5,7-8,10-11H2,1-4H3. The van der Waals surface area contributed by atoms with Crippen LogP contribution in [0.5, 0.6) is 0 Å². The van der Waals surface area contributed by atoms with Crippen molar-refractivity contribution >= 4 is 0 Å². The average molecular weight is 239 g/mol. The van der Waals surface area contributed by atoms with Crippen LogP contribution in [0.3, 0.4) is 0 Å². The minimum absolute atomic E-state index is 0.0833. The summed E-state index contributed by atoms with van der Waals surface area (Å²) in [4.78, 5) is 0. The fraction of sp³-hybridized carbons (Fsp3) is 0.769. The molecule has 0 aliphatic rings. The molecule has 0 aliphatic carbocycles. The number of ether oxygens (including phenoxy) is 1. The molecule has 0 saturated heterocycles. The molecular formula is C13H25N3O. The van der Waals surface area contributed by atoms with Gasteiger partial charge in [0.25, 0.3) is 0 Å². The lowest BCUT2D eigenvalue weighted by Gasteiger charge is -2.23. The van der Waals surface area contributed by atoms with Crippen LogP contribution in [0.15, 0.2) is 12.3 Å². The zero-order valence-corrected chi connectivity index (χ0v) is 11.5. The van der Waals surface area contributed by atoms with Gasteiger partial charge in [0, 0.05) is 26.4 Å². The van der Waals surface area contributed by atoms with Gasteiger partial charge in [-0.1, -0.05) is 6.92 Å². The van der Waals surface area contributed by atoms with Crippen LogP contribution >= 0.6 is 0 Å². The molecule has 0 saturated carbocycles. The van der Waals surface area contributed by atoms with Gasteiger partial charge < -0.3 is 10.1 Å². The van der Waals surface area contributed by atoms with Gasteiger partial charge in [-0.25, -0.2) is 0 Å². The minimum atomic E-state index is -0.0833. The van der Waals surface area contributed by atoms with Crippen LogP contribution in [0.4, 0.5) is 0 Å². The lowest BCUT2D eigenvalue weighted by Crippen LogP contribution is -2.26. The van der Waals surface area contributed by atoms with E-state index in [0.29, 0.717) is 0 Å². The Labute approximate surface area is 104 Å². The van der Waals surface area contributed by atoms with Gasteiger partial charge >= 0.3 is 0 Å². The Hall–Kier alpha value is -0.870. The van der Waals surface area contributed by atoms with Gasteiger partial charge in [-0.2, -0.15) is 5.10 Å². The number of rotatable bonds is 8. The highest BCUT2D eigenvalue weighted by molar-refractivity contribution is 5.00. The summed E-state index contributed by atoms with van der Waals surface area (Å²) in [5, 5.41) is 7.75. The molecule has 0 unspecified atom stereocenters. The topological polar surface area (TPSA) is 39.1 Å². The Kier molecular flexibility index (Phi) is 5.65. The quantitative estimate of drug-likeness (QED) is 0.707. The molecule has 0 atom stereocenters. The summed E-state index contributed by atoms with van der Waals surface area (Å²) < 4.78 is 7.48. The molecule has 1 aromatic heterocycles. The van der Waals surface area contributed by atoms with Crippen molar-refractivity contribution in [2.24, 2.45) is 0 Å². The van der Waals surface area contributed by atoms with Crippen LogP contribution in [-0.2, 0) is 17.8 Å². The van der Waals surface area contributed by atoms with Crippen molar-refractivity contribution in [1.29, 1.82) is 0 Å². The van der Waals surface area contributed by atoms with E-state index in [2.05, 4.69) is 41.9 Å². The van der Waals surface area contributed by atoms with E-state index in [-0.39, 0.29) is 5.60 Å². The zero-order valence-electron chi connectivity index (χ0n) is 11.5. The predicted octanol–water partition coefficient (Wildman–Crippen LogP) is 2.20. The Balaban J connectivity index is 2.45. The van der Waals surface area contributed by atoms with Gasteiger partial charge in [-0.05, 0) is 39.3 Å². The van der Waals surface area contributed by atoms with Crippen LogP contribution in [0, 0.1) is 0 Å². The summed E-state index contributed by atoms with van der Waals surface area (Å²) in [6.07, 6.45) is 3.99. The molecule has 17 heavy (non-hydrogen) atoms. The molecule has 1 rings (SSSR count). The van der Waals surface area contributed by atoms with Crippen molar-refractivity contribution in [3.8, 4) is 0 Å². The van der Waals surface area contributed by atoms with Gasteiger partial charge in [0.15, 0.2) is 0 Å². The molecule has 98 valence electrons. The third kappa shape index (κ3) is 4.88. The van der Waals surface area contributed by atoms with Crippen LogP contribution in [-0.4, -0.2) is 29.0 Å². The van der Waals surface area contributed by atoms with Crippen LogP contribution in [0.25, 0.3) is 0 Å². The predicted molar refractivity (Wildman–Crippen MR) is 69.9 cm³/mol. The first-order valence-electron chi connectivity index (χ1n) is 6.35. The van der Waals surface area contributed by atoms with E-state index >= 15 is 0 Å². The summed E-state index contributed by atoms with van der Waals surface area (Å²) in [7, 11) is 1.76. The fourth-order valence-corrected chi connectivity index (χ4v) is 1.58. The number of aryl methyl sites for hydroxylation is 1. The molecule has 0 aromatic carbocycles. The maximum atomic E-state index is 5.42. The van der Waals surface area contributed by atoms with Gasteiger partial charge in [0.2, 0.25) is 0 Å². The van der Waals surface area contributed by atoms with E-state index in [9.17, 15) is 0 Å². The van der Waals surface area contributed by atoms with E-state index in [4.69, 9.17) is 4.74 Å². The third-order valence-electron chi connectivity index (χ3n) is 3.02. The van der Waals surface area contributed by atoms with E-state index in [1.807, 2.05) is 6.20 Å². The van der Waals surface area contributed by atoms with Gasteiger partial charge in [-0.15, -0.1) is 0 Å². The van der Waals surface area contributed by atoms with Crippen molar-refractivity contribution in [2.75, 3.05) is 13.7 Å². The van der Waals surface area contributed by atoms with Crippen molar-refractivity contribution < 1.29 is 4.74 Å². The molecule has 0 spiro atoms. The second-order valence-electron chi connectivity index (χ2n) is 4.94. The van der Waals surface area contributed by atoms with E-state index in [1.54, 1.807) is 7.11 Å². The highest BCUT2D eigenvalue weighted by atomic mass is 16.5. The SMILES string of the molecule is CCCNCc1ccnn1CCC(C)(C)OC. The zero-order chi connectivity index (χ0) is 12.7. The monoisotopic (exact) mass is 239 g/mol. The van der Waals surface area contributed by atoms with Crippen molar-refractivity contribution in [2.45, 2.75) is 52.3 Å². The molecule has 0 amide bonds. The minimum Gasteiger partial charge on any atom is -0.379 e. The summed E-state index contributed by atoms with van der Waals surface area (Å²) in [6.45, 7) is 9.22. The molecule has 1 heterocycles. The number of hydrogen-bond donors (Lipinski definition) is 1. The van der Waals surface area contributed by atoms with E-state index in [1.165, 1.54) is 5.69 Å². The summed E-state index contributed by atoms with van der Waals surface area (Å²) >= 11 is 0. The molecule has 1 aromatic rings. The van der Waals surface area contributed by atoms with Crippen LogP contribution in [0.2, 0.25) is 0 Å². The number of aromatic nitrogens is 2. The number of nitrogens with zero attached hydrogens (tertiary/aromatic N) is 2. The van der Waals surface area contributed by atoms with E-state index < -0.39 is 0 Å². The molecule has 0 aliphatic heterocycles. The molecule has 0 radical (unpaired) electrons. The first kappa shape index (κ1) is 14.2. The molecule has 4 heteroatoms. The fourth-order valence-electron chi connectivity index (χ4n) is 1.58. The average Bonchev–Trinajstić information content (AvgIpc) is 2.75. The number of nitrogens with one attached hydrogen (secondary N) is 1. The second-order valence-corrected chi connectivity index (χ2v) is 4.94. The van der Waals surface area contributed by atoms with Crippen LogP contribution in [0.1, 0.15) is 39.3 Å². The molecule has 4 nitrogen and oxygen atoms in total. The Morgan fingerprint density at radius 3 is 2.88 bits per heavy atom. The molecule has 0 fully saturated rings. The van der Waals surface area contributed by atoms with Crippen molar-refractivity contribution in [3.05, 3.63) is 18.0 Å². The Morgan fingerprint density at radius 2 is 2.24 bits per heavy atom. The summed E-state index contributed by atoms with van der Waals surface area (Å²) in [5.41, 5.74) is 1.16. The van der Waals surface area contributed by atoms with Crippen molar-refractivity contribution in [1.82, 2.24) is 15.1 Å². The van der Waals surface area contributed by atoms with Crippen LogP contribution < -0.4 is 5.32 Å². The van der Waals surface area contributed by atoms with Gasteiger partial charge in [-0.3, -0.25) is 4.68 Å². The number of methoxy groups -OCH3 is 1. The Bertz CT molecular complexity index is 320. The maximum Gasteiger partial charge on any atom is 0.0640 e. The smallest absolute Gasteiger partial charge is 0.0640 e. The number of hydrogen-bond acceptors (Lipinski definition) is 3. The third-order valence-corrected chi connectivity index (χ3v) is 3.02. The summed E-state index contributed by atoms with van der Waals surface area (Å²) in [5.74, 6) is 0. The Morgan fingerprint density at radius 1 is 1.47 bits per heavy atom. The molecule has 0 bridgehead atoms. The van der Waals surface area contributed by atoms with Crippen molar-refractivity contribution in [3.63, 3.8) is 0 Å². The normalized spacial score (nSPS) is 12.0. The first-order chi connectivity index (χ1) is 8.09. The molecule has 1 N–H and O–H groups in total. The highest BCUT2D eigenvalue weighted by Gasteiger charge is 2.16. The van der Waals surface area contributed by atoms with Gasteiger partial charge in [0.05, 0.1) is 11.3 Å². The molecular weight excluding hydrogens is 214 g/mol. The lowest BCUT2D eigenvalue weighted by atomic mass is 10.1. The summed E-state index contributed by atoms with van der Waals surface area (Å²) in [6, 6.07) is 2.07. The van der Waals surface area contributed by atoms with Gasteiger partial charge in [0.1, 0.15) is 0 Å². The lowest BCUT2D eigenvalue weighted by molar-refractivity contribution is 0.0111. The largest absolute Gasteiger partial charge is 0.379 e. The first-order valence-corrected chi connectivity index (χ1v) is 6.35. The second kappa shape index (κ2) is 6.77. The highest BCUT2D eigenvalue weighted by Crippen LogP contribution is 2.14. The van der Waals surface area contributed by atoms with E-state index in [0.717, 1.165) is 32.5 Å².